The van der Waals surface area contributed by atoms with Gasteiger partial charge in [-0.15, -0.1) is 0 Å². The maximum Gasteiger partial charge on any atom is 0.261 e. The van der Waals surface area contributed by atoms with Crippen LogP contribution >= 0.6 is 0 Å². The molecule has 0 saturated carbocycles. The molecule has 4 aromatic rings. The van der Waals surface area contributed by atoms with Crippen molar-refractivity contribution >= 4 is 55.2 Å². The highest BCUT2D eigenvalue weighted by atomic mass is 32.2. The van der Waals surface area contributed by atoms with Crippen LogP contribution in [0.2, 0.25) is 0 Å². The first-order chi connectivity index (χ1) is 19.1. The van der Waals surface area contributed by atoms with Crippen LogP contribution in [0.4, 0.5) is 22.7 Å². The molecule has 0 bridgehead atoms. The Morgan fingerprint density at radius 1 is 0.550 bits per heavy atom. The molecule has 12 heteroatoms. The van der Waals surface area contributed by atoms with Gasteiger partial charge in [-0.3, -0.25) is 19.4 Å². The molecule has 0 fully saturated rings. The van der Waals surface area contributed by atoms with Gasteiger partial charge in [-0.2, -0.15) is 0 Å². The second kappa shape index (κ2) is 12.5. The van der Waals surface area contributed by atoms with Gasteiger partial charge in [0.1, 0.15) is 0 Å². The van der Waals surface area contributed by atoms with Crippen molar-refractivity contribution in [2.45, 2.75) is 9.79 Å². The molecule has 10 nitrogen and oxygen atoms in total. The molecule has 0 spiro atoms. The predicted octanol–water partition coefficient (Wildman–Crippen LogP) is 3.99. The standard InChI is InChI=1S/C28H28N6O4S2/c29-23-9-13-25(14-10-23)39(35,36)33-27-7-3-1-5-21(27)19-31-17-18-32-20-22-6-2-4-8-28(22)34-40(37,38)26-15-11-24(30)12-16-26/h1-16,19-20,33-34H,17-18,29-30H2. The molecule has 4 rings (SSSR count). The summed E-state index contributed by atoms with van der Waals surface area (Å²) in [4.78, 5) is 8.92. The van der Waals surface area contributed by atoms with E-state index in [4.69, 9.17) is 11.5 Å². The van der Waals surface area contributed by atoms with E-state index in [1.54, 1.807) is 61.0 Å². The summed E-state index contributed by atoms with van der Waals surface area (Å²) in [6, 6.07) is 25.6. The van der Waals surface area contributed by atoms with Crippen molar-refractivity contribution in [1.82, 2.24) is 0 Å². The molecule has 0 amide bonds. The fourth-order valence-electron chi connectivity index (χ4n) is 3.55. The number of nitrogen functional groups attached to an aromatic ring is 2. The van der Waals surface area contributed by atoms with E-state index in [9.17, 15) is 16.8 Å². The summed E-state index contributed by atoms with van der Waals surface area (Å²) in [5.41, 5.74) is 14.2. The molecule has 0 unspecified atom stereocenters. The summed E-state index contributed by atoms with van der Waals surface area (Å²) in [6.45, 7) is 0.657. The van der Waals surface area contributed by atoms with Crippen LogP contribution in [0, 0.1) is 0 Å². The zero-order chi connectivity index (χ0) is 28.6. The molecular weight excluding hydrogens is 548 g/mol. The number of para-hydroxylation sites is 2. The smallest absolute Gasteiger partial charge is 0.261 e. The number of hydrogen-bond acceptors (Lipinski definition) is 8. The van der Waals surface area contributed by atoms with Crippen molar-refractivity contribution in [3.8, 4) is 0 Å². The maximum absolute atomic E-state index is 12.8. The quantitative estimate of drug-likeness (QED) is 0.120. The molecule has 0 aromatic heterocycles. The van der Waals surface area contributed by atoms with Crippen LogP contribution in [0.3, 0.4) is 0 Å². The fourth-order valence-corrected chi connectivity index (χ4v) is 5.72. The number of hydrogen-bond donors (Lipinski definition) is 4. The van der Waals surface area contributed by atoms with Gasteiger partial charge in [-0.1, -0.05) is 36.4 Å². The Hall–Kier alpha value is -4.68. The number of rotatable bonds is 11. The fraction of sp³-hybridized carbons (Fsp3) is 0.0714. The highest BCUT2D eigenvalue weighted by Gasteiger charge is 2.16. The van der Waals surface area contributed by atoms with Crippen LogP contribution in [0.5, 0.6) is 0 Å². The van der Waals surface area contributed by atoms with Crippen LogP contribution in [-0.2, 0) is 20.0 Å². The summed E-state index contributed by atoms with van der Waals surface area (Å²) >= 11 is 0. The molecule has 0 heterocycles. The van der Waals surface area contributed by atoms with E-state index in [1.165, 1.54) is 48.5 Å². The Balaban J connectivity index is 1.38. The maximum atomic E-state index is 12.8. The zero-order valence-corrected chi connectivity index (χ0v) is 22.9. The highest BCUT2D eigenvalue weighted by Crippen LogP contribution is 2.21. The lowest BCUT2D eigenvalue weighted by Crippen LogP contribution is -2.14. The third-order valence-electron chi connectivity index (χ3n) is 5.61. The van der Waals surface area contributed by atoms with Crippen LogP contribution in [0.1, 0.15) is 11.1 Å². The molecule has 6 N–H and O–H groups in total. The lowest BCUT2D eigenvalue weighted by molar-refractivity contribution is 0.599. The van der Waals surface area contributed by atoms with Gasteiger partial charge in [0.05, 0.1) is 34.3 Å². The Labute approximate surface area is 233 Å². The monoisotopic (exact) mass is 576 g/mol. The van der Waals surface area contributed by atoms with E-state index in [-0.39, 0.29) is 9.79 Å². The van der Waals surface area contributed by atoms with Crippen LogP contribution in [0.15, 0.2) is 117 Å². The third kappa shape index (κ3) is 7.46. The van der Waals surface area contributed by atoms with Crippen molar-refractivity contribution in [3.05, 3.63) is 108 Å². The molecule has 0 aliphatic rings. The van der Waals surface area contributed by atoms with E-state index in [2.05, 4.69) is 19.4 Å². The van der Waals surface area contributed by atoms with Crippen molar-refractivity contribution in [2.24, 2.45) is 9.98 Å². The second-order valence-corrected chi connectivity index (χ2v) is 12.0. The Bertz CT molecular complexity index is 1610. The molecule has 0 aliphatic heterocycles. The molecule has 4 aromatic carbocycles. The SMILES string of the molecule is Nc1ccc(S(=O)(=O)Nc2ccccc2C=NCCN=Cc2ccccc2NS(=O)(=O)c2ccc(N)cc2)cc1. The molecule has 0 aliphatic carbocycles. The average Bonchev–Trinajstić information content (AvgIpc) is 2.92. The van der Waals surface area contributed by atoms with Gasteiger partial charge in [-0.05, 0) is 60.7 Å². The first-order valence-corrected chi connectivity index (χ1v) is 15.1. The number of nitrogens with zero attached hydrogens (tertiary/aromatic N) is 2. The van der Waals surface area contributed by atoms with Gasteiger partial charge in [0, 0.05) is 34.9 Å². The predicted molar refractivity (Wildman–Crippen MR) is 161 cm³/mol. The summed E-state index contributed by atoms with van der Waals surface area (Å²) in [5.74, 6) is 0. The van der Waals surface area contributed by atoms with Crippen molar-refractivity contribution in [2.75, 3.05) is 34.0 Å². The van der Waals surface area contributed by atoms with Crippen LogP contribution < -0.4 is 20.9 Å². The number of anilines is 4. The first kappa shape index (κ1) is 28.3. The van der Waals surface area contributed by atoms with Gasteiger partial charge < -0.3 is 11.5 Å². The number of aliphatic imine (C=N–C) groups is 2. The van der Waals surface area contributed by atoms with E-state index in [0.717, 1.165) is 0 Å². The minimum Gasteiger partial charge on any atom is -0.399 e. The minimum atomic E-state index is -3.80. The molecule has 40 heavy (non-hydrogen) atoms. The Morgan fingerprint density at radius 2 is 0.900 bits per heavy atom. The van der Waals surface area contributed by atoms with Gasteiger partial charge in [0.2, 0.25) is 0 Å². The Morgan fingerprint density at radius 3 is 1.27 bits per heavy atom. The Kier molecular flexibility index (Phi) is 8.82. The number of benzene rings is 4. The number of nitrogens with one attached hydrogen (secondary N) is 2. The topological polar surface area (TPSA) is 169 Å². The molecular formula is C28H28N6O4S2. The highest BCUT2D eigenvalue weighted by molar-refractivity contribution is 7.93. The minimum absolute atomic E-state index is 0.0961. The molecule has 0 atom stereocenters. The van der Waals surface area contributed by atoms with Crippen molar-refractivity contribution in [1.29, 1.82) is 0 Å². The van der Waals surface area contributed by atoms with Gasteiger partial charge in [0.25, 0.3) is 20.0 Å². The second-order valence-electron chi connectivity index (χ2n) is 8.59. The lowest BCUT2D eigenvalue weighted by Gasteiger charge is -2.11. The first-order valence-electron chi connectivity index (χ1n) is 12.1. The molecule has 206 valence electrons. The van der Waals surface area contributed by atoms with Gasteiger partial charge >= 0.3 is 0 Å². The third-order valence-corrected chi connectivity index (χ3v) is 8.37. The van der Waals surface area contributed by atoms with E-state index in [1.807, 2.05) is 0 Å². The molecule has 0 saturated heterocycles. The lowest BCUT2D eigenvalue weighted by atomic mass is 10.2. The van der Waals surface area contributed by atoms with Crippen LogP contribution in [-0.4, -0.2) is 42.4 Å². The summed E-state index contributed by atoms with van der Waals surface area (Å²) in [6.07, 6.45) is 3.15. The summed E-state index contributed by atoms with van der Waals surface area (Å²) in [7, 11) is -7.61. The largest absolute Gasteiger partial charge is 0.399 e. The van der Waals surface area contributed by atoms with Crippen LogP contribution in [0.25, 0.3) is 0 Å². The van der Waals surface area contributed by atoms with Gasteiger partial charge in [-0.25, -0.2) is 16.8 Å². The number of sulfonamides is 2. The van der Waals surface area contributed by atoms with Crippen molar-refractivity contribution in [3.63, 3.8) is 0 Å². The van der Waals surface area contributed by atoms with Gasteiger partial charge in [0.15, 0.2) is 0 Å². The average molecular weight is 577 g/mol. The molecule has 0 radical (unpaired) electrons. The van der Waals surface area contributed by atoms with E-state index >= 15 is 0 Å². The zero-order valence-electron chi connectivity index (χ0n) is 21.3. The number of nitrogens with two attached hydrogens (primary N) is 2. The van der Waals surface area contributed by atoms with E-state index in [0.29, 0.717) is 47.0 Å². The van der Waals surface area contributed by atoms with Crippen molar-refractivity contribution < 1.29 is 16.8 Å². The summed E-state index contributed by atoms with van der Waals surface area (Å²) in [5, 5.41) is 0. The normalized spacial score (nSPS) is 12.1. The summed E-state index contributed by atoms with van der Waals surface area (Å²) < 4.78 is 56.2. The van der Waals surface area contributed by atoms with E-state index < -0.39 is 20.0 Å².